The van der Waals surface area contributed by atoms with Crippen molar-refractivity contribution in [2.45, 2.75) is 13.1 Å². The molecule has 2 aromatic carbocycles. The van der Waals surface area contributed by atoms with Crippen LogP contribution in [-0.4, -0.2) is 17.9 Å². The summed E-state index contributed by atoms with van der Waals surface area (Å²) in [5.41, 5.74) is 1.54. The Morgan fingerprint density at radius 1 is 1.13 bits per heavy atom. The molecule has 2 aromatic rings. The van der Waals surface area contributed by atoms with Gasteiger partial charge >= 0.3 is 0 Å². The van der Waals surface area contributed by atoms with Crippen molar-refractivity contribution in [1.82, 2.24) is 10.6 Å². The number of nitrogens with one attached hydrogen (secondary N) is 2. The van der Waals surface area contributed by atoms with Crippen molar-refractivity contribution in [3.8, 4) is 0 Å². The molecule has 120 valence electrons. The standard InChI is InChI=1S/C16H17FN4O2/c1-18-16(19-10-12-6-8-14(17)9-7-12)20-11-13-4-2-3-5-15(13)21(22)23/h2-9H,10-11H2,1H3,(H2,18,19,20). The molecule has 0 aliphatic heterocycles. The molecule has 0 saturated heterocycles. The number of guanidine groups is 1. The first-order valence-electron chi connectivity index (χ1n) is 7.01. The molecule has 0 unspecified atom stereocenters. The first-order chi connectivity index (χ1) is 11.1. The molecule has 0 bridgehead atoms. The molecule has 2 rings (SSSR count). The lowest BCUT2D eigenvalue weighted by Gasteiger charge is -2.12. The van der Waals surface area contributed by atoms with Gasteiger partial charge in [0.15, 0.2) is 5.96 Å². The predicted octanol–water partition coefficient (Wildman–Crippen LogP) is 2.60. The van der Waals surface area contributed by atoms with Crippen LogP contribution in [0, 0.1) is 15.9 Å². The van der Waals surface area contributed by atoms with Gasteiger partial charge in [-0.1, -0.05) is 30.3 Å². The zero-order valence-corrected chi connectivity index (χ0v) is 12.6. The molecule has 0 spiro atoms. The number of hydrogen-bond acceptors (Lipinski definition) is 3. The Labute approximate surface area is 133 Å². The van der Waals surface area contributed by atoms with E-state index in [-0.39, 0.29) is 18.0 Å². The maximum absolute atomic E-state index is 12.9. The second kappa shape index (κ2) is 7.88. The predicted molar refractivity (Wildman–Crippen MR) is 86.5 cm³/mol. The number of rotatable bonds is 5. The van der Waals surface area contributed by atoms with Crippen LogP contribution < -0.4 is 10.6 Å². The summed E-state index contributed by atoms with van der Waals surface area (Å²) in [6, 6.07) is 12.7. The summed E-state index contributed by atoms with van der Waals surface area (Å²) in [4.78, 5) is 14.6. The molecular weight excluding hydrogens is 299 g/mol. The molecule has 0 heterocycles. The van der Waals surface area contributed by atoms with Crippen LogP contribution in [0.5, 0.6) is 0 Å². The van der Waals surface area contributed by atoms with E-state index in [4.69, 9.17) is 0 Å². The van der Waals surface area contributed by atoms with E-state index in [2.05, 4.69) is 15.6 Å². The van der Waals surface area contributed by atoms with E-state index in [0.29, 0.717) is 18.1 Å². The molecule has 2 N–H and O–H groups in total. The number of nitrogens with zero attached hydrogens (tertiary/aromatic N) is 2. The largest absolute Gasteiger partial charge is 0.352 e. The summed E-state index contributed by atoms with van der Waals surface area (Å²) in [6.07, 6.45) is 0. The van der Waals surface area contributed by atoms with Crippen LogP contribution in [0.3, 0.4) is 0 Å². The van der Waals surface area contributed by atoms with Crippen LogP contribution in [0.25, 0.3) is 0 Å². The third-order valence-corrected chi connectivity index (χ3v) is 3.23. The number of nitro groups is 1. The normalized spacial score (nSPS) is 11.1. The van der Waals surface area contributed by atoms with Crippen molar-refractivity contribution < 1.29 is 9.31 Å². The fourth-order valence-electron chi connectivity index (χ4n) is 2.03. The summed E-state index contributed by atoms with van der Waals surface area (Å²) >= 11 is 0. The van der Waals surface area contributed by atoms with Crippen LogP contribution in [0.15, 0.2) is 53.5 Å². The lowest BCUT2D eigenvalue weighted by molar-refractivity contribution is -0.385. The minimum Gasteiger partial charge on any atom is -0.352 e. The van der Waals surface area contributed by atoms with Gasteiger partial charge in [0.2, 0.25) is 0 Å². The number of halogens is 1. The van der Waals surface area contributed by atoms with E-state index < -0.39 is 4.92 Å². The Bertz CT molecular complexity index is 701. The van der Waals surface area contributed by atoms with Crippen LogP contribution in [0.4, 0.5) is 10.1 Å². The highest BCUT2D eigenvalue weighted by Gasteiger charge is 2.12. The molecule has 0 fully saturated rings. The highest BCUT2D eigenvalue weighted by molar-refractivity contribution is 5.79. The van der Waals surface area contributed by atoms with E-state index in [1.165, 1.54) is 18.2 Å². The zero-order chi connectivity index (χ0) is 16.7. The molecule has 0 saturated carbocycles. The SMILES string of the molecule is CN=C(NCc1ccc(F)cc1)NCc1ccccc1[N+](=O)[O-]. The summed E-state index contributed by atoms with van der Waals surface area (Å²) in [7, 11) is 1.61. The lowest BCUT2D eigenvalue weighted by atomic mass is 10.2. The van der Waals surface area contributed by atoms with Crippen LogP contribution in [0.1, 0.15) is 11.1 Å². The first kappa shape index (κ1) is 16.4. The first-order valence-corrected chi connectivity index (χ1v) is 7.01. The topological polar surface area (TPSA) is 79.6 Å². The second-order valence-electron chi connectivity index (χ2n) is 4.79. The maximum atomic E-state index is 12.9. The summed E-state index contributed by atoms with van der Waals surface area (Å²) < 4.78 is 12.9. The molecule has 0 aromatic heterocycles. The summed E-state index contributed by atoms with van der Waals surface area (Å²) in [5, 5.41) is 17.1. The summed E-state index contributed by atoms with van der Waals surface area (Å²) in [5.74, 6) is 0.222. The highest BCUT2D eigenvalue weighted by Crippen LogP contribution is 2.16. The third-order valence-electron chi connectivity index (χ3n) is 3.23. The van der Waals surface area contributed by atoms with E-state index in [0.717, 1.165) is 5.56 Å². The van der Waals surface area contributed by atoms with Gasteiger partial charge in [-0.3, -0.25) is 15.1 Å². The maximum Gasteiger partial charge on any atom is 0.274 e. The monoisotopic (exact) mass is 316 g/mol. The van der Waals surface area contributed by atoms with Gasteiger partial charge in [0.25, 0.3) is 5.69 Å². The Kier molecular flexibility index (Phi) is 5.62. The highest BCUT2D eigenvalue weighted by atomic mass is 19.1. The van der Waals surface area contributed by atoms with E-state index in [9.17, 15) is 14.5 Å². The number of aliphatic imine (C=N–C) groups is 1. The van der Waals surface area contributed by atoms with Gasteiger partial charge in [-0.05, 0) is 17.7 Å². The number of benzene rings is 2. The van der Waals surface area contributed by atoms with Crippen molar-refractivity contribution in [3.05, 3.63) is 75.6 Å². The molecule has 0 aliphatic carbocycles. The Morgan fingerprint density at radius 3 is 2.43 bits per heavy atom. The average Bonchev–Trinajstić information content (AvgIpc) is 2.56. The van der Waals surface area contributed by atoms with Crippen molar-refractivity contribution in [2.75, 3.05) is 7.05 Å². The van der Waals surface area contributed by atoms with Gasteiger partial charge in [-0.15, -0.1) is 0 Å². The number of hydrogen-bond donors (Lipinski definition) is 2. The van der Waals surface area contributed by atoms with Gasteiger partial charge in [0, 0.05) is 31.8 Å². The smallest absolute Gasteiger partial charge is 0.274 e. The molecule has 6 nitrogen and oxygen atoms in total. The minimum absolute atomic E-state index is 0.0639. The average molecular weight is 316 g/mol. The zero-order valence-electron chi connectivity index (χ0n) is 12.6. The molecule has 23 heavy (non-hydrogen) atoms. The van der Waals surface area contributed by atoms with Gasteiger partial charge in [0.05, 0.1) is 4.92 Å². The molecule has 0 atom stereocenters. The third kappa shape index (κ3) is 4.77. The number of para-hydroxylation sites is 1. The Morgan fingerprint density at radius 2 is 1.78 bits per heavy atom. The molecule has 0 radical (unpaired) electrons. The Hall–Kier alpha value is -2.96. The Balaban J connectivity index is 1.93. The van der Waals surface area contributed by atoms with Crippen molar-refractivity contribution in [3.63, 3.8) is 0 Å². The van der Waals surface area contributed by atoms with E-state index >= 15 is 0 Å². The van der Waals surface area contributed by atoms with Crippen LogP contribution >= 0.6 is 0 Å². The molecule has 0 amide bonds. The van der Waals surface area contributed by atoms with Crippen molar-refractivity contribution in [1.29, 1.82) is 0 Å². The molecule has 0 aliphatic rings. The van der Waals surface area contributed by atoms with E-state index in [1.54, 1.807) is 37.4 Å². The van der Waals surface area contributed by atoms with Gasteiger partial charge in [-0.25, -0.2) is 4.39 Å². The second-order valence-corrected chi connectivity index (χ2v) is 4.79. The van der Waals surface area contributed by atoms with Gasteiger partial charge in [0.1, 0.15) is 5.82 Å². The minimum atomic E-state index is -0.411. The quantitative estimate of drug-likeness (QED) is 0.384. The van der Waals surface area contributed by atoms with Crippen LogP contribution in [-0.2, 0) is 13.1 Å². The fraction of sp³-hybridized carbons (Fsp3) is 0.188. The molecule has 7 heteroatoms. The van der Waals surface area contributed by atoms with Gasteiger partial charge < -0.3 is 10.6 Å². The molecular formula is C16H17FN4O2. The fourth-order valence-corrected chi connectivity index (χ4v) is 2.03. The van der Waals surface area contributed by atoms with Crippen molar-refractivity contribution >= 4 is 11.6 Å². The number of nitro benzene ring substituents is 1. The van der Waals surface area contributed by atoms with E-state index in [1.807, 2.05) is 0 Å². The van der Waals surface area contributed by atoms with Gasteiger partial charge in [-0.2, -0.15) is 0 Å². The summed E-state index contributed by atoms with van der Waals surface area (Å²) in [6.45, 7) is 0.747. The van der Waals surface area contributed by atoms with Crippen molar-refractivity contribution in [2.24, 2.45) is 4.99 Å². The van der Waals surface area contributed by atoms with Crippen LogP contribution in [0.2, 0.25) is 0 Å². The lowest BCUT2D eigenvalue weighted by Crippen LogP contribution is -2.36.